The van der Waals surface area contributed by atoms with Crippen LogP contribution >= 0.6 is 0 Å². The van der Waals surface area contributed by atoms with Crippen LogP contribution in [-0.4, -0.2) is 0 Å². The van der Waals surface area contributed by atoms with E-state index in [1.54, 1.807) is 0 Å². The molecule has 2 aliphatic rings. The Morgan fingerprint density at radius 2 is 0.909 bits per heavy atom. The molecule has 2 rings (SSSR count). The summed E-state index contributed by atoms with van der Waals surface area (Å²) in [6, 6.07) is 0. The van der Waals surface area contributed by atoms with Crippen molar-refractivity contribution < 1.29 is 0 Å². The zero-order valence-corrected chi connectivity index (χ0v) is 13.7. The van der Waals surface area contributed by atoms with Gasteiger partial charge in [-0.2, -0.15) is 0 Å². The molecule has 0 N–H and O–H groups in total. The topological polar surface area (TPSA) is 0 Å². The number of allylic oxidation sites excluding steroid dienone is 4. The first-order valence-electron chi connectivity index (χ1n) is 9.16. The second-order valence-electron chi connectivity index (χ2n) is 7.02. The lowest BCUT2D eigenvalue weighted by Crippen LogP contribution is -2.25. The molecule has 2 saturated carbocycles. The van der Waals surface area contributed by atoms with Crippen molar-refractivity contribution in [3.8, 4) is 0 Å². The van der Waals surface area contributed by atoms with Crippen molar-refractivity contribution >= 4 is 0 Å². The molecule has 2 aliphatic carbocycles. The average molecular weight is 307 g/mol. The quantitative estimate of drug-likeness (QED) is 0.454. The summed E-state index contributed by atoms with van der Waals surface area (Å²) in [5, 5.41) is 0. The molecule has 0 aromatic carbocycles. The first-order valence-corrected chi connectivity index (χ1v) is 9.16. The summed E-state index contributed by atoms with van der Waals surface area (Å²) in [7, 11) is 0. The minimum absolute atomic E-state index is 0. The van der Waals surface area contributed by atoms with Gasteiger partial charge in [-0.1, -0.05) is 53.0 Å². The van der Waals surface area contributed by atoms with Crippen molar-refractivity contribution in [2.45, 2.75) is 92.9 Å². The van der Waals surface area contributed by atoms with E-state index in [-0.39, 0.29) is 14.9 Å². The van der Waals surface area contributed by atoms with Crippen molar-refractivity contribution in [1.29, 1.82) is 0 Å². The lowest BCUT2D eigenvalue weighted by molar-refractivity contribution is 0.166. The molecule has 0 heteroatoms. The molecule has 0 aromatic rings. The summed E-state index contributed by atoms with van der Waals surface area (Å²) < 4.78 is 0. The highest BCUT2D eigenvalue weighted by Gasteiger charge is 2.29. The largest absolute Gasteiger partial charge is 0.0885 e. The highest BCUT2D eigenvalue weighted by Crippen LogP contribution is 2.41. The maximum atomic E-state index is 2.49. The second kappa shape index (κ2) is 12.0. The van der Waals surface area contributed by atoms with Gasteiger partial charge in [-0.25, -0.2) is 0 Å². The minimum atomic E-state index is 0. The molecule has 0 aliphatic heterocycles. The van der Waals surface area contributed by atoms with Crippen LogP contribution in [0.1, 0.15) is 92.9 Å². The molecule has 0 amide bonds. The van der Waals surface area contributed by atoms with Crippen LogP contribution in [0.2, 0.25) is 0 Å². The molecule has 0 nitrogen and oxygen atoms in total. The van der Waals surface area contributed by atoms with Crippen LogP contribution in [0.5, 0.6) is 0 Å². The Hall–Kier alpha value is -0.520. The van der Waals surface area contributed by atoms with E-state index in [0.717, 1.165) is 23.7 Å². The fourth-order valence-corrected chi connectivity index (χ4v) is 4.27. The maximum Gasteiger partial charge on any atom is -0.0233 e. The molecule has 22 heavy (non-hydrogen) atoms. The minimum Gasteiger partial charge on any atom is -0.0885 e. The molecule has 2 fully saturated rings. The van der Waals surface area contributed by atoms with Gasteiger partial charge in [0, 0.05) is 0 Å². The van der Waals surface area contributed by atoms with Gasteiger partial charge in [0.1, 0.15) is 0 Å². The van der Waals surface area contributed by atoms with E-state index in [4.69, 9.17) is 0 Å². The van der Waals surface area contributed by atoms with Crippen molar-refractivity contribution in [2.75, 3.05) is 0 Å². The van der Waals surface area contributed by atoms with Gasteiger partial charge in [-0.05, 0) is 87.9 Å². The Morgan fingerprint density at radius 1 is 0.591 bits per heavy atom. The van der Waals surface area contributed by atoms with Crippen LogP contribution in [0.4, 0.5) is 0 Å². The Kier molecular flexibility index (Phi) is 11.7. The summed E-state index contributed by atoms with van der Waals surface area (Å²) in [5.41, 5.74) is 0. The molecule has 0 bridgehead atoms. The first kappa shape index (κ1) is 21.5. The first-order chi connectivity index (χ1) is 9.83. The highest BCUT2D eigenvalue weighted by atomic mass is 14.3. The lowest BCUT2D eigenvalue weighted by Gasteiger charge is -2.37. The molecule has 0 spiro atoms. The molecular formula is C22H42. The Balaban J connectivity index is 0.00000220. The van der Waals surface area contributed by atoms with E-state index in [1.165, 1.54) is 64.2 Å². The van der Waals surface area contributed by atoms with E-state index in [1.807, 2.05) is 0 Å². The molecule has 0 aromatic heterocycles. The smallest absolute Gasteiger partial charge is 0.0233 e. The van der Waals surface area contributed by atoms with Crippen LogP contribution in [0, 0.1) is 23.7 Å². The average Bonchev–Trinajstić information content (AvgIpc) is 2.52. The van der Waals surface area contributed by atoms with E-state index in [2.05, 4.69) is 38.2 Å². The zero-order chi connectivity index (χ0) is 14.2. The molecule has 0 atom stereocenters. The Labute approximate surface area is 141 Å². The van der Waals surface area contributed by atoms with Gasteiger partial charge in [-0.3, -0.25) is 0 Å². The summed E-state index contributed by atoms with van der Waals surface area (Å²) in [6.45, 7) is 4.49. The van der Waals surface area contributed by atoms with Crippen LogP contribution < -0.4 is 0 Å². The van der Waals surface area contributed by atoms with Gasteiger partial charge in [-0.15, -0.1) is 0 Å². The third kappa shape index (κ3) is 6.71. The van der Waals surface area contributed by atoms with Gasteiger partial charge >= 0.3 is 0 Å². The van der Waals surface area contributed by atoms with Crippen LogP contribution in [0.15, 0.2) is 24.3 Å². The van der Waals surface area contributed by atoms with Gasteiger partial charge in [0.25, 0.3) is 0 Å². The third-order valence-corrected chi connectivity index (χ3v) is 5.59. The molecule has 0 radical (unpaired) electrons. The summed E-state index contributed by atoms with van der Waals surface area (Å²) >= 11 is 0. The van der Waals surface area contributed by atoms with Crippen molar-refractivity contribution in [3.05, 3.63) is 24.3 Å². The molecule has 0 unspecified atom stereocenters. The number of hydrogen-bond acceptors (Lipinski definition) is 0. The molecule has 0 heterocycles. The molecule has 130 valence electrons. The van der Waals surface area contributed by atoms with E-state index in [0.29, 0.717) is 0 Å². The second-order valence-corrected chi connectivity index (χ2v) is 7.02. The van der Waals surface area contributed by atoms with Crippen LogP contribution in [0.3, 0.4) is 0 Å². The Bertz CT molecular complexity index is 264. The van der Waals surface area contributed by atoms with Crippen molar-refractivity contribution in [2.24, 2.45) is 23.7 Å². The van der Waals surface area contributed by atoms with Crippen molar-refractivity contribution in [3.63, 3.8) is 0 Å². The van der Waals surface area contributed by atoms with Crippen LogP contribution in [-0.2, 0) is 0 Å². The third-order valence-electron chi connectivity index (χ3n) is 5.59. The van der Waals surface area contributed by atoms with Gasteiger partial charge < -0.3 is 0 Å². The monoisotopic (exact) mass is 306 g/mol. The van der Waals surface area contributed by atoms with E-state index in [9.17, 15) is 0 Å². The predicted molar refractivity (Wildman–Crippen MR) is 103 cm³/mol. The van der Waals surface area contributed by atoms with E-state index >= 15 is 0 Å². The lowest BCUT2D eigenvalue weighted by atomic mass is 9.69. The number of hydrogen-bond donors (Lipinski definition) is 0. The van der Waals surface area contributed by atoms with Gasteiger partial charge in [0.2, 0.25) is 0 Å². The summed E-state index contributed by atoms with van der Waals surface area (Å²) in [4.78, 5) is 0. The standard InChI is InChI=1S/C20H34.2CH4/c1-3-5-7-17-9-13-19(14-10-17)20-15-11-18(12-16-20)8-6-4-2;;/h5-8,17-20H,3-4,9-16H2,1-2H3;2*1H4. The normalized spacial score (nSPS) is 32.6. The predicted octanol–water partition coefficient (Wildman–Crippen LogP) is 7.80. The SMILES string of the molecule is C.C.CCC=CC1CCC(C2CCC(C=CCC)CC2)CC1. The molecular weight excluding hydrogens is 264 g/mol. The van der Waals surface area contributed by atoms with Gasteiger partial charge in [0.05, 0.1) is 0 Å². The fourth-order valence-electron chi connectivity index (χ4n) is 4.27. The highest BCUT2D eigenvalue weighted by molar-refractivity contribution is 4.94. The van der Waals surface area contributed by atoms with Crippen LogP contribution in [0.25, 0.3) is 0 Å². The van der Waals surface area contributed by atoms with Crippen molar-refractivity contribution in [1.82, 2.24) is 0 Å². The number of rotatable bonds is 5. The fraction of sp³-hybridized carbons (Fsp3) is 0.818. The molecule has 0 saturated heterocycles. The summed E-state index contributed by atoms with van der Waals surface area (Å²) in [5.74, 6) is 3.90. The van der Waals surface area contributed by atoms with E-state index < -0.39 is 0 Å². The zero-order valence-electron chi connectivity index (χ0n) is 13.7. The van der Waals surface area contributed by atoms with Gasteiger partial charge in [0.15, 0.2) is 0 Å². The summed E-state index contributed by atoms with van der Waals surface area (Å²) in [6.07, 6.45) is 23.9. The maximum absolute atomic E-state index is 2.49. The Morgan fingerprint density at radius 3 is 1.18 bits per heavy atom.